The lowest BCUT2D eigenvalue weighted by molar-refractivity contribution is -0.136. The average Bonchev–Trinajstić information content (AvgIpc) is 2.91. The van der Waals surface area contributed by atoms with E-state index in [-0.39, 0.29) is 30.3 Å². The summed E-state index contributed by atoms with van der Waals surface area (Å²) >= 11 is 0. The molecule has 0 aromatic heterocycles. The van der Waals surface area contributed by atoms with Crippen LogP contribution in [0.4, 0.5) is 0 Å². The molecule has 3 aromatic carbocycles. The lowest BCUT2D eigenvalue weighted by atomic mass is 9.86. The monoisotopic (exact) mass is 482 g/mol. The van der Waals surface area contributed by atoms with Crippen molar-refractivity contribution in [3.8, 4) is 11.5 Å². The zero-order valence-electron chi connectivity index (χ0n) is 20.8. The van der Waals surface area contributed by atoms with Crippen LogP contribution in [0.25, 0.3) is 6.08 Å². The quantitative estimate of drug-likeness (QED) is 0.505. The second kappa shape index (κ2) is 9.90. The molecule has 2 atom stereocenters. The second-order valence-electron chi connectivity index (χ2n) is 9.15. The number of carbonyl (C=O) groups excluding carboxylic acids is 2. The van der Waals surface area contributed by atoms with Crippen LogP contribution in [0.5, 0.6) is 11.5 Å². The van der Waals surface area contributed by atoms with Crippen molar-refractivity contribution < 1.29 is 19.1 Å². The van der Waals surface area contributed by atoms with Crippen LogP contribution in [-0.2, 0) is 16.0 Å². The lowest BCUT2D eigenvalue weighted by Gasteiger charge is -2.40. The first-order valence-corrected chi connectivity index (χ1v) is 12.2. The molecule has 0 saturated carbocycles. The van der Waals surface area contributed by atoms with Gasteiger partial charge in [0.25, 0.3) is 0 Å². The molecule has 5 rings (SSSR count). The Labute approximate surface area is 211 Å². The van der Waals surface area contributed by atoms with E-state index in [2.05, 4.69) is 12.1 Å². The zero-order valence-corrected chi connectivity index (χ0v) is 20.8. The SMILES string of the molecule is COc1cc2c(cc1OC)C(c1ccccc1)N(C(=O)CC1c3ccccc3C=CN1C(C)=O)CC2. The predicted octanol–water partition coefficient (Wildman–Crippen LogP) is 5.14. The van der Waals surface area contributed by atoms with Crippen LogP contribution in [0.2, 0.25) is 0 Å². The van der Waals surface area contributed by atoms with Gasteiger partial charge in [-0.25, -0.2) is 0 Å². The number of carbonyl (C=O) groups is 2. The van der Waals surface area contributed by atoms with E-state index in [4.69, 9.17) is 9.47 Å². The summed E-state index contributed by atoms with van der Waals surface area (Å²) < 4.78 is 11.1. The molecular formula is C30H30N2O4. The molecule has 184 valence electrons. The Kier molecular flexibility index (Phi) is 6.51. The van der Waals surface area contributed by atoms with Crippen molar-refractivity contribution in [2.24, 2.45) is 0 Å². The van der Waals surface area contributed by atoms with E-state index in [0.717, 1.165) is 27.8 Å². The van der Waals surface area contributed by atoms with Gasteiger partial charge >= 0.3 is 0 Å². The minimum Gasteiger partial charge on any atom is -0.493 e. The first kappa shape index (κ1) is 23.7. The lowest BCUT2D eigenvalue weighted by Crippen LogP contribution is -2.43. The van der Waals surface area contributed by atoms with E-state index >= 15 is 0 Å². The van der Waals surface area contributed by atoms with Crippen LogP contribution in [-0.4, -0.2) is 42.4 Å². The molecule has 6 heteroatoms. The summed E-state index contributed by atoms with van der Waals surface area (Å²) in [7, 11) is 3.26. The van der Waals surface area contributed by atoms with Gasteiger partial charge in [-0.2, -0.15) is 0 Å². The maximum absolute atomic E-state index is 14.0. The van der Waals surface area contributed by atoms with Crippen LogP contribution < -0.4 is 9.47 Å². The number of hydrogen-bond acceptors (Lipinski definition) is 4. The highest BCUT2D eigenvalue weighted by atomic mass is 16.5. The molecule has 0 saturated heterocycles. The van der Waals surface area contributed by atoms with E-state index in [9.17, 15) is 9.59 Å². The average molecular weight is 483 g/mol. The number of ether oxygens (including phenoxy) is 2. The first-order valence-electron chi connectivity index (χ1n) is 12.2. The molecule has 0 fully saturated rings. The Morgan fingerprint density at radius 3 is 2.33 bits per heavy atom. The third-order valence-corrected chi connectivity index (χ3v) is 7.15. The molecule has 2 aliphatic rings. The molecular weight excluding hydrogens is 452 g/mol. The topological polar surface area (TPSA) is 59.1 Å². The minimum absolute atomic E-state index is 0.00522. The van der Waals surface area contributed by atoms with E-state index < -0.39 is 0 Å². The van der Waals surface area contributed by atoms with Gasteiger partial charge in [0.1, 0.15) is 0 Å². The molecule has 0 aliphatic carbocycles. The number of fused-ring (bicyclic) bond motifs is 2. The summed E-state index contributed by atoms with van der Waals surface area (Å²) in [5, 5.41) is 0. The highest BCUT2D eigenvalue weighted by molar-refractivity contribution is 5.82. The molecule has 0 bridgehead atoms. The molecule has 6 nitrogen and oxygen atoms in total. The van der Waals surface area contributed by atoms with Gasteiger partial charge in [-0.05, 0) is 52.4 Å². The molecule has 2 heterocycles. The van der Waals surface area contributed by atoms with Gasteiger partial charge in [-0.3, -0.25) is 9.59 Å². The number of nitrogens with zero attached hydrogens (tertiary/aromatic N) is 2. The Morgan fingerprint density at radius 2 is 1.61 bits per heavy atom. The van der Waals surface area contributed by atoms with Gasteiger partial charge in [-0.1, -0.05) is 54.6 Å². The largest absolute Gasteiger partial charge is 0.493 e. The summed E-state index contributed by atoms with van der Waals surface area (Å²) in [6, 6.07) is 21.4. The van der Waals surface area contributed by atoms with Crippen molar-refractivity contribution in [1.29, 1.82) is 0 Å². The van der Waals surface area contributed by atoms with Gasteiger partial charge in [0.2, 0.25) is 11.8 Å². The van der Waals surface area contributed by atoms with E-state index in [0.29, 0.717) is 24.5 Å². The number of amides is 2. The summed E-state index contributed by atoms with van der Waals surface area (Å²) in [6.07, 6.45) is 4.64. The molecule has 0 N–H and O–H groups in total. The van der Waals surface area contributed by atoms with Crippen LogP contribution in [0.1, 0.15) is 53.2 Å². The Bertz CT molecular complexity index is 1320. The molecule has 3 aromatic rings. The third kappa shape index (κ3) is 4.24. The van der Waals surface area contributed by atoms with Crippen molar-refractivity contribution >= 4 is 17.9 Å². The van der Waals surface area contributed by atoms with Crippen molar-refractivity contribution in [2.45, 2.75) is 31.8 Å². The highest BCUT2D eigenvalue weighted by Gasteiger charge is 2.36. The predicted molar refractivity (Wildman–Crippen MR) is 139 cm³/mol. The fourth-order valence-corrected chi connectivity index (χ4v) is 5.41. The highest BCUT2D eigenvalue weighted by Crippen LogP contribution is 2.42. The summed E-state index contributed by atoms with van der Waals surface area (Å²) in [5.41, 5.74) is 5.23. The molecule has 2 unspecified atom stereocenters. The normalized spacial score (nSPS) is 18.3. The molecule has 2 amide bonds. The number of benzene rings is 3. The third-order valence-electron chi connectivity index (χ3n) is 7.15. The van der Waals surface area contributed by atoms with Crippen molar-refractivity contribution in [3.63, 3.8) is 0 Å². The van der Waals surface area contributed by atoms with Gasteiger partial charge in [-0.15, -0.1) is 0 Å². The standard InChI is InChI=1S/C30H30N2O4/c1-20(33)31-15-13-21-9-7-8-12-24(21)26(31)19-29(34)32-16-14-23-17-27(35-2)28(36-3)18-25(23)30(32)22-10-5-4-6-11-22/h4-13,15,17-18,26,30H,14,16,19H2,1-3H3. The Hall–Kier alpha value is -4.06. The zero-order chi connectivity index (χ0) is 25.2. The second-order valence-corrected chi connectivity index (χ2v) is 9.15. The summed E-state index contributed by atoms with van der Waals surface area (Å²) in [6.45, 7) is 2.12. The van der Waals surface area contributed by atoms with E-state index in [1.807, 2.05) is 65.6 Å². The molecule has 36 heavy (non-hydrogen) atoms. The van der Waals surface area contributed by atoms with E-state index in [1.54, 1.807) is 32.2 Å². The van der Waals surface area contributed by atoms with Crippen LogP contribution in [0.3, 0.4) is 0 Å². The molecule has 0 radical (unpaired) electrons. The Morgan fingerprint density at radius 1 is 0.917 bits per heavy atom. The smallest absolute Gasteiger partial charge is 0.225 e. The van der Waals surface area contributed by atoms with Crippen molar-refractivity contribution in [3.05, 3.63) is 101 Å². The molecule has 0 spiro atoms. The van der Waals surface area contributed by atoms with Crippen LogP contribution in [0.15, 0.2) is 72.9 Å². The summed E-state index contributed by atoms with van der Waals surface area (Å²) in [5.74, 6) is 1.25. The Balaban J connectivity index is 1.54. The fraction of sp³-hybridized carbons (Fsp3) is 0.267. The van der Waals surface area contributed by atoms with Gasteiger partial charge in [0.05, 0.1) is 32.7 Å². The fourth-order valence-electron chi connectivity index (χ4n) is 5.41. The van der Waals surface area contributed by atoms with Gasteiger partial charge in [0, 0.05) is 19.7 Å². The number of hydrogen-bond donors (Lipinski definition) is 0. The van der Waals surface area contributed by atoms with Crippen molar-refractivity contribution in [2.75, 3.05) is 20.8 Å². The summed E-state index contributed by atoms with van der Waals surface area (Å²) in [4.78, 5) is 30.1. The maximum Gasteiger partial charge on any atom is 0.225 e. The number of methoxy groups -OCH3 is 2. The van der Waals surface area contributed by atoms with Crippen LogP contribution in [0, 0.1) is 0 Å². The van der Waals surface area contributed by atoms with E-state index in [1.165, 1.54) is 0 Å². The number of rotatable bonds is 5. The minimum atomic E-state index is -0.348. The first-order chi connectivity index (χ1) is 17.5. The van der Waals surface area contributed by atoms with Crippen molar-refractivity contribution in [1.82, 2.24) is 9.80 Å². The van der Waals surface area contributed by atoms with Gasteiger partial charge < -0.3 is 19.3 Å². The molecule has 2 aliphatic heterocycles. The van der Waals surface area contributed by atoms with Gasteiger partial charge in [0.15, 0.2) is 11.5 Å². The van der Waals surface area contributed by atoms with Crippen LogP contribution >= 0.6 is 0 Å². The maximum atomic E-state index is 14.0.